The van der Waals surface area contributed by atoms with Gasteiger partial charge in [0.05, 0.1) is 11.0 Å². The fourth-order valence-corrected chi connectivity index (χ4v) is 12.1. The molecular formula is C74H60N2. The highest BCUT2D eigenvalue weighted by atomic mass is 15.1. The molecule has 12 aromatic rings. The van der Waals surface area contributed by atoms with E-state index < -0.39 is 0 Å². The van der Waals surface area contributed by atoms with Gasteiger partial charge in [0.2, 0.25) is 0 Å². The lowest BCUT2D eigenvalue weighted by Gasteiger charge is -2.28. The van der Waals surface area contributed by atoms with E-state index in [9.17, 15) is 0 Å². The van der Waals surface area contributed by atoms with Gasteiger partial charge in [0.1, 0.15) is 0 Å². The van der Waals surface area contributed by atoms with Gasteiger partial charge in [-0.25, -0.2) is 0 Å². The molecular weight excluding hydrogens is 917 g/mol. The molecule has 13 rings (SSSR count). The van der Waals surface area contributed by atoms with Crippen molar-refractivity contribution in [2.75, 3.05) is 4.90 Å². The second kappa shape index (κ2) is 19.1. The average Bonchev–Trinajstić information content (AvgIpc) is 3.93. The van der Waals surface area contributed by atoms with Crippen molar-refractivity contribution in [1.82, 2.24) is 4.57 Å². The summed E-state index contributed by atoms with van der Waals surface area (Å²) in [5.41, 5.74) is 27.2. The van der Waals surface area contributed by atoms with E-state index in [0.717, 1.165) is 23.5 Å². The Morgan fingerprint density at radius 1 is 0.382 bits per heavy atom. The van der Waals surface area contributed by atoms with E-state index in [4.69, 9.17) is 0 Å². The van der Waals surface area contributed by atoms with Gasteiger partial charge < -0.3 is 9.47 Å². The van der Waals surface area contributed by atoms with Gasteiger partial charge in [0.25, 0.3) is 0 Å². The Labute approximate surface area is 447 Å². The fourth-order valence-electron chi connectivity index (χ4n) is 12.1. The molecule has 1 unspecified atom stereocenters. The van der Waals surface area contributed by atoms with E-state index in [-0.39, 0.29) is 5.41 Å². The first-order valence-electron chi connectivity index (χ1n) is 27.0. The summed E-state index contributed by atoms with van der Waals surface area (Å²) >= 11 is 0. The second-order valence-electron chi connectivity index (χ2n) is 21.3. The molecule has 2 nitrogen and oxygen atoms in total. The molecule has 1 aliphatic rings. The molecule has 0 spiro atoms. The first-order valence-corrected chi connectivity index (χ1v) is 27.0. The molecule has 0 bridgehead atoms. The lowest BCUT2D eigenvalue weighted by Crippen LogP contribution is -2.16. The molecule has 0 N–H and O–H groups in total. The second-order valence-corrected chi connectivity index (χ2v) is 21.3. The third-order valence-corrected chi connectivity index (χ3v) is 16.5. The lowest BCUT2D eigenvalue weighted by molar-refractivity contribution is 0.660. The van der Waals surface area contributed by atoms with Gasteiger partial charge in [0, 0.05) is 38.9 Å². The Hall–Kier alpha value is -8.98. The van der Waals surface area contributed by atoms with Gasteiger partial charge in [-0.3, -0.25) is 0 Å². The summed E-state index contributed by atoms with van der Waals surface area (Å²) in [6.45, 7) is 11.6. The van der Waals surface area contributed by atoms with Crippen LogP contribution in [0, 0.1) is 6.92 Å². The number of aryl methyl sites for hydroxylation is 1. The maximum Gasteiger partial charge on any atom is 0.0541 e. The number of anilines is 3. The number of rotatable bonds is 11. The van der Waals surface area contributed by atoms with Crippen molar-refractivity contribution < 1.29 is 0 Å². The van der Waals surface area contributed by atoms with Crippen molar-refractivity contribution in [3.63, 3.8) is 0 Å². The van der Waals surface area contributed by atoms with Gasteiger partial charge in [-0.15, -0.1) is 0 Å². The van der Waals surface area contributed by atoms with Crippen LogP contribution in [0.3, 0.4) is 0 Å². The molecule has 11 aromatic carbocycles. The highest BCUT2D eigenvalue weighted by molar-refractivity contribution is 6.10. The molecule has 0 saturated heterocycles. The molecule has 1 atom stereocenters. The SMILES string of the molecule is CCC(C)c1ccccc1-c1ccc(-c2ccc(-c3ccc(N(c4ccc(-c5ccc(-c6ccc7c(c6)c6ccccc6n7-c6ccccc6)cc5)cc4)c4ccc5c(c4)C(C)(C)c4ccccc4-5)cc3)cc2)cc1C. The minimum atomic E-state index is -0.119. The highest BCUT2D eigenvalue weighted by Crippen LogP contribution is 2.51. The predicted octanol–water partition coefficient (Wildman–Crippen LogP) is 20.7. The minimum absolute atomic E-state index is 0.119. The van der Waals surface area contributed by atoms with Crippen LogP contribution in [0.1, 0.15) is 62.3 Å². The van der Waals surface area contributed by atoms with E-state index in [2.05, 4.69) is 299 Å². The van der Waals surface area contributed by atoms with E-state index in [1.807, 2.05) is 0 Å². The number of fused-ring (bicyclic) bond motifs is 6. The summed E-state index contributed by atoms with van der Waals surface area (Å²) in [7, 11) is 0. The summed E-state index contributed by atoms with van der Waals surface area (Å²) in [6, 6.07) is 94.3. The Morgan fingerprint density at radius 2 is 0.842 bits per heavy atom. The summed E-state index contributed by atoms with van der Waals surface area (Å²) in [5, 5.41) is 2.52. The molecule has 0 amide bonds. The first-order chi connectivity index (χ1) is 37.2. The van der Waals surface area contributed by atoms with Crippen molar-refractivity contribution in [3.8, 4) is 72.4 Å². The van der Waals surface area contributed by atoms with Gasteiger partial charge in [0.15, 0.2) is 0 Å². The Balaban J connectivity index is 0.797. The van der Waals surface area contributed by atoms with Gasteiger partial charge >= 0.3 is 0 Å². The number of hydrogen-bond donors (Lipinski definition) is 0. The molecule has 1 aliphatic carbocycles. The number of hydrogen-bond acceptors (Lipinski definition) is 1. The maximum atomic E-state index is 2.42. The van der Waals surface area contributed by atoms with Gasteiger partial charge in [-0.05, 0) is 175 Å². The highest BCUT2D eigenvalue weighted by Gasteiger charge is 2.35. The molecule has 0 aliphatic heterocycles. The zero-order valence-electron chi connectivity index (χ0n) is 43.9. The quantitative estimate of drug-likeness (QED) is 0.125. The van der Waals surface area contributed by atoms with E-state index in [0.29, 0.717) is 5.92 Å². The van der Waals surface area contributed by atoms with Gasteiger partial charge in [-0.2, -0.15) is 0 Å². The van der Waals surface area contributed by atoms with Crippen LogP contribution in [0.2, 0.25) is 0 Å². The molecule has 76 heavy (non-hydrogen) atoms. The lowest BCUT2D eigenvalue weighted by atomic mass is 9.82. The molecule has 1 heterocycles. The van der Waals surface area contributed by atoms with E-state index >= 15 is 0 Å². The van der Waals surface area contributed by atoms with Crippen LogP contribution in [0.4, 0.5) is 17.1 Å². The fraction of sp³-hybridized carbons (Fsp3) is 0.108. The number of nitrogens with zero attached hydrogens (tertiary/aromatic N) is 2. The number of aromatic nitrogens is 1. The third kappa shape index (κ3) is 8.13. The Morgan fingerprint density at radius 3 is 1.47 bits per heavy atom. The largest absolute Gasteiger partial charge is 0.310 e. The summed E-state index contributed by atoms with van der Waals surface area (Å²) in [4.78, 5) is 2.41. The summed E-state index contributed by atoms with van der Waals surface area (Å²) in [5.74, 6) is 0.517. The molecule has 0 fully saturated rings. The minimum Gasteiger partial charge on any atom is -0.310 e. The first kappa shape index (κ1) is 46.8. The Kier molecular flexibility index (Phi) is 11.7. The van der Waals surface area contributed by atoms with Crippen LogP contribution in [-0.2, 0) is 5.41 Å². The van der Waals surface area contributed by atoms with Crippen molar-refractivity contribution in [2.45, 2.75) is 52.4 Å². The van der Waals surface area contributed by atoms with Crippen LogP contribution in [0.25, 0.3) is 94.3 Å². The van der Waals surface area contributed by atoms with Crippen molar-refractivity contribution in [2.24, 2.45) is 0 Å². The molecule has 0 radical (unpaired) electrons. The van der Waals surface area contributed by atoms with Gasteiger partial charge in [-0.1, -0.05) is 216 Å². The van der Waals surface area contributed by atoms with E-state index in [1.54, 1.807) is 0 Å². The average molecular weight is 977 g/mol. The van der Waals surface area contributed by atoms with Crippen LogP contribution >= 0.6 is 0 Å². The predicted molar refractivity (Wildman–Crippen MR) is 324 cm³/mol. The van der Waals surface area contributed by atoms with Crippen LogP contribution < -0.4 is 4.90 Å². The molecule has 1 aromatic heterocycles. The van der Waals surface area contributed by atoms with Crippen LogP contribution in [0.5, 0.6) is 0 Å². The monoisotopic (exact) mass is 976 g/mol. The number of benzene rings is 11. The smallest absolute Gasteiger partial charge is 0.0541 e. The molecule has 2 heteroatoms. The summed E-state index contributed by atoms with van der Waals surface area (Å²) < 4.78 is 2.37. The van der Waals surface area contributed by atoms with E-state index in [1.165, 1.54) is 117 Å². The normalized spacial score (nSPS) is 12.9. The van der Waals surface area contributed by atoms with Crippen LogP contribution in [-0.4, -0.2) is 4.57 Å². The Bertz CT molecular complexity index is 4100. The standard InChI is InChI=1S/C74H60N2/c1-6-49(2)63-18-10-11-19-65(63)64-43-36-57(46-50(64)3)55-28-24-51(25-29-55)53-32-38-60(39-33-53)75(62-42-44-67-66-20-12-14-22-70(66)74(4,5)71(67)48-62)61-40-34-54(35-41-61)52-26-30-56(31-27-52)58-37-45-73-69(47-58)68-21-13-15-23-72(68)76(73)59-16-8-7-9-17-59/h7-49H,6H2,1-5H3. The third-order valence-electron chi connectivity index (χ3n) is 16.5. The maximum absolute atomic E-state index is 2.42. The van der Waals surface area contributed by atoms with Crippen molar-refractivity contribution in [3.05, 3.63) is 277 Å². The zero-order chi connectivity index (χ0) is 51.5. The van der Waals surface area contributed by atoms with Crippen molar-refractivity contribution >= 4 is 38.9 Å². The van der Waals surface area contributed by atoms with Crippen molar-refractivity contribution in [1.29, 1.82) is 0 Å². The zero-order valence-corrected chi connectivity index (χ0v) is 43.9. The summed E-state index contributed by atoms with van der Waals surface area (Å²) in [6.07, 6.45) is 1.12. The van der Waals surface area contributed by atoms with Crippen LogP contribution in [0.15, 0.2) is 255 Å². The topological polar surface area (TPSA) is 8.17 Å². The number of para-hydroxylation sites is 2. The molecule has 366 valence electrons. The molecule has 0 saturated carbocycles.